The number of carbonyl (C=O) groups excluding carboxylic acids is 1. The largest absolute Gasteiger partial charge is 0.399 e. The zero-order valence-corrected chi connectivity index (χ0v) is 13.0. The minimum absolute atomic E-state index is 0.154. The molecule has 0 aliphatic carbocycles. The summed E-state index contributed by atoms with van der Waals surface area (Å²) in [5.74, 6) is 0.333. The summed E-state index contributed by atoms with van der Waals surface area (Å²) >= 11 is 0. The Bertz CT molecular complexity index is 457. The predicted molar refractivity (Wildman–Crippen MR) is 85.5 cm³/mol. The number of amides is 1. The van der Waals surface area contributed by atoms with Crippen LogP contribution in [0.1, 0.15) is 45.6 Å². The normalized spacial score (nSPS) is 12.8. The van der Waals surface area contributed by atoms with Gasteiger partial charge in [-0.2, -0.15) is 0 Å². The van der Waals surface area contributed by atoms with E-state index in [4.69, 9.17) is 5.73 Å². The Hall–Kier alpha value is -1.77. The Kier molecular flexibility index (Phi) is 5.37. The zero-order chi connectivity index (χ0) is 15.3. The summed E-state index contributed by atoms with van der Waals surface area (Å²) in [4.78, 5) is 14.4. The van der Waals surface area contributed by atoms with E-state index in [2.05, 4.69) is 13.5 Å². The van der Waals surface area contributed by atoms with Crippen LogP contribution in [0.4, 0.5) is 5.69 Å². The van der Waals surface area contributed by atoms with E-state index in [1.165, 1.54) is 0 Å². The van der Waals surface area contributed by atoms with E-state index in [1.54, 1.807) is 6.08 Å². The first-order valence-corrected chi connectivity index (χ1v) is 7.02. The summed E-state index contributed by atoms with van der Waals surface area (Å²) in [6, 6.07) is 7.73. The van der Waals surface area contributed by atoms with Crippen LogP contribution in [0, 0.1) is 0 Å². The van der Waals surface area contributed by atoms with Crippen LogP contribution in [0.2, 0.25) is 0 Å². The van der Waals surface area contributed by atoms with Crippen molar-refractivity contribution in [3.05, 3.63) is 42.5 Å². The van der Waals surface area contributed by atoms with Crippen molar-refractivity contribution in [2.24, 2.45) is 0 Å². The van der Waals surface area contributed by atoms with Gasteiger partial charge in [0.25, 0.3) is 0 Å². The third kappa shape index (κ3) is 4.41. The van der Waals surface area contributed by atoms with Crippen LogP contribution in [0.15, 0.2) is 36.9 Å². The lowest BCUT2D eigenvalue weighted by Gasteiger charge is -2.35. The van der Waals surface area contributed by atoms with Gasteiger partial charge in [0.1, 0.15) is 0 Å². The second kappa shape index (κ2) is 6.60. The summed E-state index contributed by atoms with van der Waals surface area (Å²) in [6.45, 7) is 12.5. The van der Waals surface area contributed by atoms with Crippen LogP contribution in [0.3, 0.4) is 0 Å². The number of anilines is 1. The lowest BCUT2D eigenvalue weighted by molar-refractivity contribution is -0.135. The molecule has 0 spiro atoms. The van der Waals surface area contributed by atoms with Crippen molar-refractivity contribution in [2.75, 3.05) is 12.3 Å². The van der Waals surface area contributed by atoms with Gasteiger partial charge in [-0.05, 0) is 44.4 Å². The summed E-state index contributed by atoms with van der Waals surface area (Å²) in [7, 11) is 0. The van der Waals surface area contributed by atoms with Gasteiger partial charge in [0.2, 0.25) is 5.91 Å². The second-order valence-corrected chi connectivity index (χ2v) is 6.24. The Morgan fingerprint density at radius 2 is 1.90 bits per heavy atom. The molecule has 1 amide bonds. The standard InChI is InChI=1S/C17H26N2O/c1-6-11-19(17(3,4)5)16(20)12-13(2)14-7-9-15(18)10-8-14/h6-10,13H,1,11-12,18H2,2-5H3. The number of nitrogens with zero attached hydrogens (tertiary/aromatic N) is 1. The molecule has 0 heterocycles. The van der Waals surface area contributed by atoms with Gasteiger partial charge in [-0.1, -0.05) is 25.1 Å². The molecule has 0 saturated carbocycles. The third-order valence-electron chi connectivity index (χ3n) is 3.41. The molecule has 1 atom stereocenters. The molecular formula is C17H26N2O. The number of carbonyl (C=O) groups is 1. The molecule has 0 saturated heterocycles. The van der Waals surface area contributed by atoms with E-state index in [-0.39, 0.29) is 17.4 Å². The number of nitrogens with two attached hydrogens (primary N) is 1. The topological polar surface area (TPSA) is 46.3 Å². The molecule has 0 aromatic heterocycles. The molecule has 0 radical (unpaired) electrons. The van der Waals surface area contributed by atoms with E-state index in [0.29, 0.717) is 13.0 Å². The number of rotatable bonds is 5. The van der Waals surface area contributed by atoms with E-state index in [9.17, 15) is 4.79 Å². The Morgan fingerprint density at radius 1 is 1.35 bits per heavy atom. The maximum atomic E-state index is 12.5. The monoisotopic (exact) mass is 274 g/mol. The molecule has 1 aromatic carbocycles. The van der Waals surface area contributed by atoms with Gasteiger partial charge in [0.15, 0.2) is 0 Å². The molecule has 1 aromatic rings. The summed E-state index contributed by atoms with van der Waals surface area (Å²) in [6.07, 6.45) is 2.27. The average molecular weight is 274 g/mol. The van der Waals surface area contributed by atoms with Gasteiger partial charge in [-0.3, -0.25) is 4.79 Å². The highest BCUT2D eigenvalue weighted by Crippen LogP contribution is 2.23. The van der Waals surface area contributed by atoms with E-state index >= 15 is 0 Å². The molecule has 3 nitrogen and oxygen atoms in total. The van der Waals surface area contributed by atoms with Crippen LogP contribution in [-0.4, -0.2) is 22.9 Å². The van der Waals surface area contributed by atoms with Gasteiger partial charge >= 0.3 is 0 Å². The number of hydrogen-bond donors (Lipinski definition) is 1. The molecule has 1 unspecified atom stereocenters. The molecule has 0 aliphatic rings. The Morgan fingerprint density at radius 3 is 2.35 bits per heavy atom. The van der Waals surface area contributed by atoms with Gasteiger partial charge < -0.3 is 10.6 Å². The molecule has 1 rings (SSSR count). The fourth-order valence-electron chi connectivity index (χ4n) is 2.19. The predicted octanol–water partition coefficient (Wildman–Crippen LogP) is 3.58. The van der Waals surface area contributed by atoms with Crippen molar-refractivity contribution in [2.45, 2.75) is 45.6 Å². The third-order valence-corrected chi connectivity index (χ3v) is 3.41. The fraction of sp³-hybridized carbons (Fsp3) is 0.471. The van der Waals surface area contributed by atoms with Crippen LogP contribution < -0.4 is 5.73 Å². The molecule has 3 heteroatoms. The van der Waals surface area contributed by atoms with Gasteiger partial charge in [-0.15, -0.1) is 6.58 Å². The Labute approximate surface area is 122 Å². The Balaban J connectivity index is 2.77. The van der Waals surface area contributed by atoms with Gasteiger partial charge in [0.05, 0.1) is 0 Å². The number of hydrogen-bond acceptors (Lipinski definition) is 2. The lowest BCUT2D eigenvalue weighted by Crippen LogP contribution is -2.46. The second-order valence-electron chi connectivity index (χ2n) is 6.24. The van der Waals surface area contributed by atoms with Crippen LogP contribution >= 0.6 is 0 Å². The first-order valence-electron chi connectivity index (χ1n) is 7.02. The van der Waals surface area contributed by atoms with Crippen LogP contribution in [0.25, 0.3) is 0 Å². The highest BCUT2D eigenvalue weighted by Gasteiger charge is 2.26. The van der Waals surface area contributed by atoms with Gasteiger partial charge in [0, 0.05) is 24.2 Å². The van der Waals surface area contributed by atoms with E-state index < -0.39 is 0 Å². The molecule has 110 valence electrons. The number of benzene rings is 1. The maximum Gasteiger partial charge on any atom is 0.223 e. The lowest BCUT2D eigenvalue weighted by atomic mass is 9.95. The minimum atomic E-state index is -0.188. The summed E-state index contributed by atoms with van der Waals surface area (Å²) in [5.41, 5.74) is 7.38. The average Bonchev–Trinajstić information content (AvgIpc) is 2.35. The molecule has 0 fully saturated rings. The first-order chi connectivity index (χ1) is 9.25. The molecule has 2 N–H and O–H groups in total. The summed E-state index contributed by atoms with van der Waals surface area (Å²) in [5, 5.41) is 0. The molecule has 0 bridgehead atoms. The highest BCUT2D eigenvalue weighted by molar-refractivity contribution is 5.78. The zero-order valence-electron chi connectivity index (χ0n) is 13.0. The smallest absolute Gasteiger partial charge is 0.223 e. The van der Waals surface area contributed by atoms with Crippen molar-refractivity contribution in [1.29, 1.82) is 0 Å². The van der Waals surface area contributed by atoms with Crippen molar-refractivity contribution >= 4 is 11.6 Å². The highest BCUT2D eigenvalue weighted by atomic mass is 16.2. The maximum absolute atomic E-state index is 12.5. The SMILES string of the molecule is C=CCN(C(=O)CC(C)c1ccc(N)cc1)C(C)(C)C. The molecule has 20 heavy (non-hydrogen) atoms. The van der Waals surface area contributed by atoms with Crippen molar-refractivity contribution in [1.82, 2.24) is 4.90 Å². The van der Waals surface area contributed by atoms with E-state index in [1.807, 2.05) is 49.9 Å². The van der Waals surface area contributed by atoms with Crippen molar-refractivity contribution in [3.8, 4) is 0 Å². The molecular weight excluding hydrogens is 248 g/mol. The van der Waals surface area contributed by atoms with Crippen LogP contribution in [-0.2, 0) is 4.79 Å². The van der Waals surface area contributed by atoms with Gasteiger partial charge in [-0.25, -0.2) is 0 Å². The van der Waals surface area contributed by atoms with Crippen LogP contribution in [0.5, 0.6) is 0 Å². The molecule has 0 aliphatic heterocycles. The van der Waals surface area contributed by atoms with E-state index in [0.717, 1.165) is 11.3 Å². The number of nitrogen functional groups attached to an aromatic ring is 1. The summed E-state index contributed by atoms with van der Waals surface area (Å²) < 4.78 is 0. The van der Waals surface area contributed by atoms with Crippen molar-refractivity contribution in [3.63, 3.8) is 0 Å². The fourth-order valence-corrected chi connectivity index (χ4v) is 2.19. The van der Waals surface area contributed by atoms with Crippen molar-refractivity contribution < 1.29 is 4.79 Å². The quantitative estimate of drug-likeness (QED) is 0.659. The minimum Gasteiger partial charge on any atom is -0.399 e. The first kappa shape index (κ1) is 16.3.